The molecular weight excluding hydrogens is 294 g/mol. The minimum absolute atomic E-state index is 0.186. The average molecular weight is 321 g/mol. The van der Waals surface area contributed by atoms with Gasteiger partial charge in [-0.3, -0.25) is 0 Å². The summed E-state index contributed by atoms with van der Waals surface area (Å²) in [6.07, 6.45) is 0. The Bertz CT molecular complexity index is 561. The molecule has 1 aromatic rings. The fourth-order valence-corrected chi connectivity index (χ4v) is 3.50. The lowest BCUT2D eigenvalue weighted by atomic mass is 9.82. The van der Waals surface area contributed by atoms with Gasteiger partial charge in [0.2, 0.25) is 5.95 Å². The van der Waals surface area contributed by atoms with E-state index in [2.05, 4.69) is 40.5 Å². The second kappa shape index (κ2) is 6.13. The lowest BCUT2D eigenvalue weighted by Gasteiger charge is -2.31. The summed E-state index contributed by atoms with van der Waals surface area (Å²) in [5.41, 5.74) is 5.23. The van der Waals surface area contributed by atoms with Crippen molar-refractivity contribution >= 4 is 17.6 Å². The maximum absolute atomic E-state index is 10.9. The van der Waals surface area contributed by atoms with E-state index < -0.39 is 5.60 Å². The van der Waals surface area contributed by atoms with Crippen molar-refractivity contribution in [2.75, 3.05) is 54.9 Å². The van der Waals surface area contributed by atoms with E-state index in [1.165, 1.54) is 0 Å². The molecule has 128 valence electrons. The van der Waals surface area contributed by atoms with Crippen molar-refractivity contribution in [1.29, 1.82) is 0 Å². The van der Waals surface area contributed by atoms with Crippen molar-refractivity contribution in [2.24, 2.45) is 11.8 Å². The fourth-order valence-electron chi connectivity index (χ4n) is 3.50. The van der Waals surface area contributed by atoms with Crippen molar-refractivity contribution in [1.82, 2.24) is 9.97 Å². The molecule has 0 spiro atoms. The number of nitrogens with zero attached hydrogens (tertiary/aromatic N) is 4. The van der Waals surface area contributed by atoms with Crippen LogP contribution in [0.2, 0.25) is 0 Å². The Balaban J connectivity index is 1.84. The average Bonchev–Trinajstić information content (AvgIpc) is 2.85. The largest absolute Gasteiger partial charge is 0.387 e. The molecule has 0 radical (unpaired) electrons. The zero-order valence-electron chi connectivity index (χ0n) is 14.2. The number of anilines is 3. The molecule has 3 N–H and O–H groups in total. The summed E-state index contributed by atoms with van der Waals surface area (Å²) in [5.74, 6) is 2.29. The summed E-state index contributed by atoms with van der Waals surface area (Å²) < 4.78 is 5.39. The van der Waals surface area contributed by atoms with Crippen LogP contribution in [0.5, 0.6) is 0 Å². The second-order valence-corrected chi connectivity index (χ2v) is 6.97. The number of hydrogen-bond acceptors (Lipinski definition) is 7. The molecule has 7 nitrogen and oxygen atoms in total. The van der Waals surface area contributed by atoms with Crippen LogP contribution in [-0.2, 0) is 4.74 Å². The molecule has 2 aliphatic heterocycles. The van der Waals surface area contributed by atoms with E-state index >= 15 is 0 Å². The van der Waals surface area contributed by atoms with E-state index in [0.29, 0.717) is 19.8 Å². The first kappa shape index (κ1) is 16.3. The number of aliphatic hydroxyl groups is 1. The zero-order chi connectivity index (χ0) is 16.6. The number of rotatable bonds is 3. The Kier molecular flexibility index (Phi) is 4.33. The molecule has 2 saturated heterocycles. The van der Waals surface area contributed by atoms with Crippen LogP contribution in [0.3, 0.4) is 0 Å². The number of nitrogen functional groups attached to an aromatic ring is 1. The highest BCUT2D eigenvalue weighted by Gasteiger charge is 2.45. The van der Waals surface area contributed by atoms with Gasteiger partial charge in [0.25, 0.3) is 0 Å². The predicted molar refractivity (Wildman–Crippen MR) is 90.6 cm³/mol. The molecule has 0 aromatic carbocycles. The van der Waals surface area contributed by atoms with Crippen molar-refractivity contribution in [2.45, 2.75) is 26.4 Å². The quantitative estimate of drug-likeness (QED) is 0.849. The molecule has 7 heteroatoms. The van der Waals surface area contributed by atoms with Gasteiger partial charge >= 0.3 is 0 Å². The maximum atomic E-state index is 10.9. The SMILES string of the molecule is CC(C)[C@]1(O)CN(c2cc(N3CCOCC3)nc(N)n2)C[C@H]1C. The third kappa shape index (κ3) is 3.07. The van der Waals surface area contributed by atoms with Crippen molar-refractivity contribution in [3.8, 4) is 0 Å². The Morgan fingerprint density at radius 3 is 2.43 bits per heavy atom. The van der Waals surface area contributed by atoms with E-state index in [0.717, 1.165) is 31.3 Å². The first-order chi connectivity index (χ1) is 10.9. The smallest absolute Gasteiger partial charge is 0.223 e. The van der Waals surface area contributed by atoms with Crippen LogP contribution >= 0.6 is 0 Å². The number of β-amino-alcohol motifs (C(OH)–C–C–N with tert-alkyl or cyclic N) is 1. The summed E-state index contributed by atoms with van der Waals surface area (Å²) >= 11 is 0. The van der Waals surface area contributed by atoms with E-state index in [9.17, 15) is 5.11 Å². The van der Waals surface area contributed by atoms with E-state index in [1.54, 1.807) is 0 Å². The Labute approximate surface area is 137 Å². The molecule has 3 rings (SSSR count). The van der Waals surface area contributed by atoms with E-state index in [4.69, 9.17) is 10.5 Å². The number of ether oxygens (including phenoxy) is 1. The molecule has 3 heterocycles. The third-order valence-electron chi connectivity index (χ3n) is 5.17. The highest BCUT2D eigenvalue weighted by atomic mass is 16.5. The van der Waals surface area contributed by atoms with Gasteiger partial charge < -0.3 is 25.4 Å². The monoisotopic (exact) mass is 321 g/mol. The molecule has 0 unspecified atom stereocenters. The van der Waals surface area contributed by atoms with Gasteiger partial charge in [-0.25, -0.2) is 0 Å². The third-order valence-corrected chi connectivity index (χ3v) is 5.17. The van der Waals surface area contributed by atoms with Gasteiger partial charge in [0.05, 0.1) is 18.8 Å². The number of morpholine rings is 1. The van der Waals surface area contributed by atoms with Crippen molar-refractivity contribution in [3.63, 3.8) is 0 Å². The van der Waals surface area contributed by atoms with Crippen LogP contribution in [-0.4, -0.2) is 60.1 Å². The van der Waals surface area contributed by atoms with Gasteiger partial charge in [0.1, 0.15) is 11.6 Å². The van der Waals surface area contributed by atoms with E-state index in [1.807, 2.05) is 6.07 Å². The molecule has 2 aliphatic rings. The molecule has 0 amide bonds. The Hall–Kier alpha value is -1.60. The number of hydrogen-bond donors (Lipinski definition) is 2. The van der Waals surface area contributed by atoms with E-state index in [-0.39, 0.29) is 17.8 Å². The molecular formula is C16H27N5O2. The van der Waals surface area contributed by atoms with Crippen LogP contribution in [0.15, 0.2) is 6.07 Å². The standard InChI is InChI=1S/C16H27N5O2/c1-11(2)16(22)10-21(9-12(16)3)14-8-13(18-15(17)19-14)20-4-6-23-7-5-20/h8,11-12,22H,4-7,9-10H2,1-3H3,(H2,17,18,19)/t12-,16-/m1/s1. The molecule has 0 bridgehead atoms. The fraction of sp³-hybridized carbons (Fsp3) is 0.750. The van der Waals surface area contributed by atoms with Crippen LogP contribution in [0.1, 0.15) is 20.8 Å². The number of aromatic nitrogens is 2. The summed E-state index contributed by atoms with van der Waals surface area (Å²) in [6.45, 7) is 10.6. The predicted octanol–water partition coefficient (Wildman–Crippen LogP) is 0.739. The Morgan fingerprint density at radius 1 is 1.26 bits per heavy atom. The molecule has 2 fully saturated rings. The zero-order valence-corrected chi connectivity index (χ0v) is 14.2. The first-order valence-corrected chi connectivity index (χ1v) is 8.34. The lowest BCUT2D eigenvalue weighted by molar-refractivity contribution is -0.0187. The van der Waals surface area contributed by atoms with Gasteiger partial charge in [-0.05, 0) is 5.92 Å². The second-order valence-electron chi connectivity index (χ2n) is 6.97. The maximum Gasteiger partial charge on any atom is 0.223 e. The van der Waals surface area contributed by atoms with Gasteiger partial charge in [0, 0.05) is 38.2 Å². The topological polar surface area (TPSA) is 87.7 Å². The van der Waals surface area contributed by atoms with Crippen LogP contribution < -0.4 is 15.5 Å². The first-order valence-electron chi connectivity index (χ1n) is 8.34. The Morgan fingerprint density at radius 2 is 1.87 bits per heavy atom. The summed E-state index contributed by atoms with van der Waals surface area (Å²) in [5, 5.41) is 10.9. The van der Waals surface area contributed by atoms with Gasteiger partial charge in [0.15, 0.2) is 0 Å². The molecule has 0 aliphatic carbocycles. The number of nitrogens with two attached hydrogens (primary N) is 1. The molecule has 1 aromatic heterocycles. The van der Waals surface area contributed by atoms with Gasteiger partial charge in [-0.1, -0.05) is 20.8 Å². The lowest BCUT2D eigenvalue weighted by Crippen LogP contribution is -2.42. The molecule has 23 heavy (non-hydrogen) atoms. The highest BCUT2D eigenvalue weighted by Crippen LogP contribution is 2.36. The van der Waals surface area contributed by atoms with Crippen LogP contribution in [0.25, 0.3) is 0 Å². The summed E-state index contributed by atoms with van der Waals surface area (Å²) in [4.78, 5) is 13.0. The van der Waals surface area contributed by atoms with Gasteiger partial charge in [-0.15, -0.1) is 0 Å². The molecule has 2 atom stereocenters. The minimum Gasteiger partial charge on any atom is -0.387 e. The van der Waals surface area contributed by atoms with Crippen LogP contribution in [0.4, 0.5) is 17.6 Å². The summed E-state index contributed by atoms with van der Waals surface area (Å²) in [6, 6.07) is 1.97. The normalized spacial score (nSPS) is 28.7. The van der Waals surface area contributed by atoms with Crippen LogP contribution in [0, 0.1) is 11.8 Å². The highest BCUT2D eigenvalue weighted by molar-refractivity contribution is 5.55. The van der Waals surface area contributed by atoms with Crippen molar-refractivity contribution < 1.29 is 9.84 Å². The minimum atomic E-state index is -0.696. The van der Waals surface area contributed by atoms with Crippen molar-refractivity contribution in [3.05, 3.63) is 6.07 Å². The van der Waals surface area contributed by atoms with Gasteiger partial charge in [-0.2, -0.15) is 9.97 Å². The summed E-state index contributed by atoms with van der Waals surface area (Å²) in [7, 11) is 0. The molecule has 0 saturated carbocycles.